The number of nitrogens with two attached hydrogens (primary N) is 1. The minimum atomic E-state index is -1.10. The summed E-state index contributed by atoms with van der Waals surface area (Å²) in [6, 6.07) is 6.79. The molecular weight excluding hydrogens is 365 g/mol. The summed E-state index contributed by atoms with van der Waals surface area (Å²) in [4.78, 5) is 21.1. The quantitative estimate of drug-likeness (QED) is 0.746. The number of rotatable bonds is 3. The van der Waals surface area contributed by atoms with Gasteiger partial charge in [-0.1, -0.05) is 29.3 Å². The fraction of sp³-hybridized carbons (Fsp3) is 0.188. The monoisotopic (exact) mass is 379 g/mol. The number of aliphatic imine (C=N–C) groups is 1. The molecule has 0 unspecified atom stereocenters. The van der Waals surface area contributed by atoms with Crippen LogP contribution >= 0.6 is 23.2 Å². The smallest absolute Gasteiger partial charge is 0.413 e. The molecule has 0 saturated heterocycles. The summed E-state index contributed by atoms with van der Waals surface area (Å²) in [7, 11) is 0. The molecule has 1 aromatic carbocycles. The first kappa shape index (κ1) is 17.3. The fourth-order valence-corrected chi connectivity index (χ4v) is 3.08. The molecule has 0 spiro atoms. The number of hydrogen-bond donors (Lipinski definition) is 3. The van der Waals surface area contributed by atoms with Gasteiger partial charge in [-0.2, -0.15) is 0 Å². The predicted molar refractivity (Wildman–Crippen MR) is 101 cm³/mol. The number of hydrogen-bond acceptors (Lipinski definition) is 5. The van der Waals surface area contributed by atoms with Crippen molar-refractivity contribution in [3.63, 3.8) is 0 Å². The van der Waals surface area contributed by atoms with Gasteiger partial charge in [0.25, 0.3) is 0 Å². The highest BCUT2D eigenvalue weighted by Gasteiger charge is 2.22. The Morgan fingerprint density at radius 1 is 1.40 bits per heavy atom. The number of fused-ring (bicyclic) bond motifs is 1. The molecule has 0 fully saturated rings. The number of carbonyl (C=O) groups is 1. The van der Waals surface area contributed by atoms with Crippen LogP contribution in [0.1, 0.15) is 12.5 Å². The van der Waals surface area contributed by atoms with E-state index < -0.39 is 6.09 Å². The Morgan fingerprint density at radius 3 is 2.80 bits per heavy atom. The first-order valence-corrected chi connectivity index (χ1v) is 8.24. The van der Waals surface area contributed by atoms with Gasteiger partial charge in [-0.25, -0.2) is 14.8 Å². The highest BCUT2D eigenvalue weighted by molar-refractivity contribution is 6.37. The van der Waals surface area contributed by atoms with Crippen molar-refractivity contribution in [1.29, 1.82) is 0 Å². The van der Waals surface area contributed by atoms with Gasteiger partial charge < -0.3 is 16.2 Å². The van der Waals surface area contributed by atoms with Gasteiger partial charge in [0, 0.05) is 23.2 Å². The second-order valence-electron chi connectivity index (χ2n) is 5.32. The molecule has 1 amide bonds. The van der Waals surface area contributed by atoms with E-state index in [1.54, 1.807) is 31.2 Å². The van der Waals surface area contributed by atoms with Gasteiger partial charge in [0.2, 0.25) is 0 Å². The maximum atomic E-state index is 11.3. The van der Waals surface area contributed by atoms with Crippen molar-refractivity contribution < 1.29 is 9.90 Å². The SMILES string of the molecule is CCN(C(=O)O)c1cc2c(c(N)n1)N=C(c1ccc(Cl)cc1Cl)CN2. The minimum Gasteiger partial charge on any atom is -0.465 e. The van der Waals surface area contributed by atoms with Gasteiger partial charge in [0.1, 0.15) is 11.5 Å². The van der Waals surface area contributed by atoms with Gasteiger partial charge in [0.15, 0.2) is 5.82 Å². The van der Waals surface area contributed by atoms with E-state index in [1.807, 2.05) is 0 Å². The molecule has 130 valence electrons. The molecule has 9 heteroatoms. The lowest BCUT2D eigenvalue weighted by Crippen LogP contribution is -2.30. The molecule has 1 aromatic heterocycles. The van der Waals surface area contributed by atoms with Gasteiger partial charge >= 0.3 is 6.09 Å². The lowest BCUT2D eigenvalue weighted by atomic mass is 10.1. The molecule has 1 aliphatic heterocycles. The number of carboxylic acid groups (broad SMARTS) is 1. The maximum Gasteiger partial charge on any atom is 0.413 e. The normalized spacial score (nSPS) is 12.8. The van der Waals surface area contributed by atoms with Gasteiger partial charge in [-0.05, 0) is 19.1 Å². The van der Waals surface area contributed by atoms with Crippen molar-refractivity contribution in [2.75, 3.05) is 29.0 Å². The van der Waals surface area contributed by atoms with Gasteiger partial charge in [-0.15, -0.1) is 0 Å². The van der Waals surface area contributed by atoms with Crippen LogP contribution in [0.5, 0.6) is 0 Å². The number of nitrogens with one attached hydrogen (secondary N) is 1. The summed E-state index contributed by atoms with van der Waals surface area (Å²) >= 11 is 12.2. The predicted octanol–water partition coefficient (Wildman–Crippen LogP) is 4.02. The Hall–Kier alpha value is -2.51. The van der Waals surface area contributed by atoms with E-state index >= 15 is 0 Å². The van der Waals surface area contributed by atoms with Crippen LogP contribution in [0.25, 0.3) is 0 Å². The summed E-state index contributed by atoms with van der Waals surface area (Å²) in [6.07, 6.45) is -1.10. The van der Waals surface area contributed by atoms with E-state index in [9.17, 15) is 9.90 Å². The van der Waals surface area contributed by atoms with Crippen LogP contribution in [0, 0.1) is 0 Å². The zero-order valence-corrected chi connectivity index (χ0v) is 14.8. The Balaban J connectivity index is 2.04. The number of nitrogen functional groups attached to an aromatic ring is 1. The van der Waals surface area contributed by atoms with Crippen molar-refractivity contribution in [2.45, 2.75) is 6.92 Å². The molecule has 4 N–H and O–H groups in total. The standard InChI is InChI=1S/C16H15Cl2N5O2/c1-2-23(16(24)25)13-6-11-14(15(19)22-13)21-12(7-20-11)9-4-3-8(17)5-10(9)18/h3-6,20H,2,7H2,1H3,(H2,19,22)(H,24,25). The van der Waals surface area contributed by atoms with E-state index in [0.29, 0.717) is 33.7 Å². The number of benzene rings is 1. The van der Waals surface area contributed by atoms with Gasteiger partial charge in [0.05, 0.1) is 23.0 Å². The summed E-state index contributed by atoms with van der Waals surface area (Å²) < 4.78 is 0. The van der Waals surface area contributed by atoms with E-state index in [2.05, 4.69) is 15.3 Å². The number of amides is 1. The average molecular weight is 380 g/mol. The van der Waals surface area contributed by atoms with E-state index in [0.717, 1.165) is 10.5 Å². The second kappa shape index (κ2) is 6.78. The number of halogens is 2. The molecule has 2 aromatic rings. The van der Waals surface area contributed by atoms with Gasteiger partial charge in [-0.3, -0.25) is 4.90 Å². The Kier molecular flexibility index (Phi) is 4.69. The number of anilines is 3. The first-order valence-electron chi connectivity index (χ1n) is 7.48. The number of aromatic nitrogens is 1. The molecule has 0 saturated carbocycles. The molecular formula is C16H15Cl2N5O2. The zero-order chi connectivity index (χ0) is 18.1. The molecule has 0 aliphatic carbocycles. The molecule has 25 heavy (non-hydrogen) atoms. The largest absolute Gasteiger partial charge is 0.465 e. The molecule has 0 radical (unpaired) electrons. The first-order chi connectivity index (χ1) is 11.9. The highest BCUT2D eigenvalue weighted by atomic mass is 35.5. The lowest BCUT2D eigenvalue weighted by Gasteiger charge is -2.23. The van der Waals surface area contributed by atoms with Crippen molar-refractivity contribution in [2.24, 2.45) is 4.99 Å². The Morgan fingerprint density at radius 2 is 2.16 bits per heavy atom. The van der Waals surface area contributed by atoms with Crippen LogP contribution in [0.4, 0.5) is 27.8 Å². The van der Waals surface area contributed by atoms with Crippen molar-refractivity contribution >= 4 is 58.0 Å². The fourth-order valence-electron chi connectivity index (χ4n) is 2.56. The third-order valence-electron chi connectivity index (χ3n) is 3.76. The van der Waals surface area contributed by atoms with E-state index in [4.69, 9.17) is 28.9 Å². The van der Waals surface area contributed by atoms with E-state index in [-0.39, 0.29) is 18.2 Å². The topological polar surface area (TPSA) is 104 Å². The molecule has 0 atom stereocenters. The molecule has 0 bridgehead atoms. The summed E-state index contributed by atoms with van der Waals surface area (Å²) in [5, 5.41) is 13.5. The second-order valence-corrected chi connectivity index (χ2v) is 6.17. The van der Waals surface area contributed by atoms with Crippen LogP contribution in [0.2, 0.25) is 10.0 Å². The van der Waals surface area contributed by atoms with Crippen LogP contribution in [0.15, 0.2) is 29.3 Å². The molecule has 2 heterocycles. The number of pyridine rings is 1. The van der Waals surface area contributed by atoms with Crippen molar-refractivity contribution in [3.8, 4) is 0 Å². The van der Waals surface area contributed by atoms with Crippen LogP contribution in [-0.2, 0) is 0 Å². The summed E-state index contributed by atoms with van der Waals surface area (Å²) in [5.74, 6) is 0.393. The lowest BCUT2D eigenvalue weighted by molar-refractivity contribution is 0.202. The van der Waals surface area contributed by atoms with E-state index in [1.165, 1.54) is 0 Å². The van der Waals surface area contributed by atoms with Crippen LogP contribution in [0.3, 0.4) is 0 Å². The van der Waals surface area contributed by atoms with Crippen LogP contribution < -0.4 is 16.0 Å². The summed E-state index contributed by atoms with van der Waals surface area (Å²) in [6.45, 7) is 2.39. The Labute approximate surface area is 154 Å². The number of nitrogens with zero attached hydrogens (tertiary/aromatic N) is 3. The van der Waals surface area contributed by atoms with Crippen LogP contribution in [-0.4, -0.2) is 35.0 Å². The Bertz CT molecular complexity index is 885. The third kappa shape index (κ3) is 3.33. The zero-order valence-electron chi connectivity index (χ0n) is 13.3. The van der Waals surface area contributed by atoms with Crippen molar-refractivity contribution in [1.82, 2.24) is 4.98 Å². The highest BCUT2D eigenvalue weighted by Crippen LogP contribution is 2.37. The molecule has 3 rings (SSSR count). The molecule has 7 nitrogen and oxygen atoms in total. The summed E-state index contributed by atoms with van der Waals surface area (Å²) in [5.41, 5.74) is 8.52. The minimum absolute atomic E-state index is 0.141. The maximum absolute atomic E-state index is 11.3. The van der Waals surface area contributed by atoms with Crippen molar-refractivity contribution in [3.05, 3.63) is 39.9 Å². The third-order valence-corrected chi connectivity index (χ3v) is 4.31. The molecule has 1 aliphatic rings. The average Bonchev–Trinajstić information content (AvgIpc) is 2.55.